The first-order valence-corrected chi connectivity index (χ1v) is 8.83. The summed E-state index contributed by atoms with van der Waals surface area (Å²) in [7, 11) is 0. The molecule has 0 amide bonds. The molecule has 0 aromatic rings. The smallest absolute Gasteiger partial charge is 0.0841 e. The van der Waals surface area contributed by atoms with E-state index in [0.717, 1.165) is 6.42 Å². The molecule has 1 saturated heterocycles. The third-order valence-corrected chi connectivity index (χ3v) is 4.27. The van der Waals surface area contributed by atoms with E-state index in [4.69, 9.17) is 4.74 Å². The second-order valence-corrected chi connectivity index (χ2v) is 6.18. The Morgan fingerprint density at radius 3 is 1.68 bits per heavy atom. The maximum atomic E-state index is 5.76. The van der Waals surface area contributed by atoms with E-state index in [-0.39, 0.29) is 0 Å². The molecule has 19 heavy (non-hydrogen) atoms. The van der Waals surface area contributed by atoms with Crippen molar-refractivity contribution in [2.75, 3.05) is 0 Å². The summed E-state index contributed by atoms with van der Waals surface area (Å²) in [6.07, 6.45) is 20.2. The van der Waals surface area contributed by atoms with Gasteiger partial charge in [-0.3, -0.25) is 0 Å². The van der Waals surface area contributed by atoms with Crippen molar-refractivity contribution in [3.05, 3.63) is 6.92 Å². The van der Waals surface area contributed by atoms with Gasteiger partial charge in [-0.2, -0.15) is 0 Å². The highest BCUT2D eigenvalue weighted by Crippen LogP contribution is 2.31. The summed E-state index contributed by atoms with van der Waals surface area (Å²) in [6, 6.07) is 0. The molecule has 1 nitrogen and oxygen atoms in total. The lowest BCUT2D eigenvalue weighted by Gasteiger charge is -2.00. The van der Waals surface area contributed by atoms with Crippen LogP contribution >= 0.6 is 0 Å². The molecule has 1 aliphatic rings. The molecule has 1 rings (SSSR count). The second kappa shape index (κ2) is 11.8. The summed E-state index contributed by atoms with van der Waals surface area (Å²) in [5.74, 6) is 0. The minimum absolute atomic E-state index is 0.628. The number of rotatable bonds is 14. The molecule has 0 bridgehead atoms. The van der Waals surface area contributed by atoms with E-state index in [1.165, 1.54) is 83.5 Å². The first-order chi connectivity index (χ1) is 9.38. The molecule has 0 N–H and O–H groups in total. The van der Waals surface area contributed by atoms with Crippen LogP contribution < -0.4 is 0 Å². The van der Waals surface area contributed by atoms with Crippen LogP contribution in [0.15, 0.2) is 0 Å². The molecule has 0 aromatic carbocycles. The summed E-state index contributed by atoms with van der Waals surface area (Å²) in [5, 5.41) is 0. The quantitative estimate of drug-likeness (QED) is 0.275. The van der Waals surface area contributed by atoms with E-state index in [1.54, 1.807) is 0 Å². The van der Waals surface area contributed by atoms with E-state index >= 15 is 0 Å². The minimum Gasteiger partial charge on any atom is -0.370 e. The van der Waals surface area contributed by atoms with Crippen molar-refractivity contribution < 1.29 is 4.74 Å². The molecular weight excluding hydrogens is 232 g/mol. The van der Waals surface area contributed by atoms with Crippen molar-refractivity contribution in [1.82, 2.24) is 0 Å². The number of unbranched alkanes of at least 4 members (excludes halogenated alkanes) is 10. The highest BCUT2D eigenvalue weighted by atomic mass is 16.6. The zero-order valence-electron chi connectivity index (χ0n) is 13.2. The number of hydrogen-bond donors (Lipinski definition) is 0. The van der Waals surface area contributed by atoms with E-state index < -0.39 is 0 Å². The highest BCUT2D eigenvalue weighted by molar-refractivity contribution is 4.84. The molecule has 2 atom stereocenters. The third-order valence-electron chi connectivity index (χ3n) is 4.27. The largest absolute Gasteiger partial charge is 0.370 e. The molecule has 0 aromatic heterocycles. The van der Waals surface area contributed by atoms with Crippen LogP contribution in [0, 0.1) is 6.92 Å². The van der Waals surface area contributed by atoms with Crippen molar-refractivity contribution in [3.63, 3.8) is 0 Å². The zero-order chi connectivity index (χ0) is 13.8. The van der Waals surface area contributed by atoms with Crippen LogP contribution in [0.5, 0.6) is 0 Å². The fourth-order valence-corrected chi connectivity index (χ4v) is 2.87. The molecule has 1 heteroatoms. The van der Waals surface area contributed by atoms with E-state index in [1.807, 2.05) is 0 Å². The summed E-state index contributed by atoms with van der Waals surface area (Å²) < 4.78 is 5.76. The number of epoxide rings is 1. The molecule has 113 valence electrons. The average molecular weight is 267 g/mol. The van der Waals surface area contributed by atoms with Gasteiger partial charge >= 0.3 is 0 Å². The standard InChI is InChI=1S/C18H35O/c1-3-5-7-9-11-13-15-17-18(19-17)16-14-12-10-8-6-4-2/h17-18H,1,3-16H2,2H3/t17-,18?/m0/s1. The molecule has 1 unspecified atom stereocenters. The average Bonchev–Trinajstić information content (AvgIpc) is 3.16. The molecular formula is C18H35O. The van der Waals surface area contributed by atoms with Crippen molar-refractivity contribution in [2.45, 2.75) is 109 Å². The Bertz CT molecular complexity index is 170. The lowest BCUT2D eigenvalue weighted by Crippen LogP contribution is -1.94. The first-order valence-electron chi connectivity index (χ1n) is 8.83. The summed E-state index contributed by atoms with van der Waals surface area (Å²) >= 11 is 0. The van der Waals surface area contributed by atoms with E-state index in [2.05, 4.69) is 13.8 Å². The third kappa shape index (κ3) is 9.49. The van der Waals surface area contributed by atoms with Crippen LogP contribution in [0.25, 0.3) is 0 Å². The summed E-state index contributed by atoms with van der Waals surface area (Å²) in [6.45, 7) is 6.16. The van der Waals surface area contributed by atoms with Crippen molar-refractivity contribution >= 4 is 0 Å². The normalized spacial score (nSPS) is 21.8. The molecule has 1 radical (unpaired) electrons. The van der Waals surface area contributed by atoms with Gasteiger partial charge in [0.25, 0.3) is 0 Å². The molecule has 0 saturated carbocycles. The van der Waals surface area contributed by atoms with Gasteiger partial charge < -0.3 is 4.74 Å². The topological polar surface area (TPSA) is 12.5 Å². The Morgan fingerprint density at radius 2 is 1.16 bits per heavy atom. The van der Waals surface area contributed by atoms with Gasteiger partial charge in [-0.1, -0.05) is 90.9 Å². The van der Waals surface area contributed by atoms with Gasteiger partial charge in [-0.05, 0) is 12.8 Å². The lowest BCUT2D eigenvalue weighted by atomic mass is 10.0. The monoisotopic (exact) mass is 267 g/mol. The van der Waals surface area contributed by atoms with Gasteiger partial charge in [0, 0.05) is 0 Å². The number of hydrogen-bond acceptors (Lipinski definition) is 1. The summed E-state index contributed by atoms with van der Waals surface area (Å²) in [4.78, 5) is 0. The Balaban J connectivity index is 1.76. The van der Waals surface area contributed by atoms with Crippen LogP contribution in [-0.4, -0.2) is 12.2 Å². The first kappa shape index (κ1) is 17.0. The van der Waals surface area contributed by atoms with Gasteiger partial charge in [0.15, 0.2) is 0 Å². The Hall–Kier alpha value is -0.0400. The van der Waals surface area contributed by atoms with Crippen LogP contribution in [-0.2, 0) is 4.74 Å². The molecule has 1 aliphatic heterocycles. The van der Waals surface area contributed by atoms with E-state index in [0.29, 0.717) is 12.2 Å². The lowest BCUT2D eigenvalue weighted by molar-refractivity contribution is 0.347. The van der Waals surface area contributed by atoms with Gasteiger partial charge in [-0.25, -0.2) is 0 Å². The predicted octanol–water partition coefficient (Wildman–Crippen LogP) is 6.07. The van der Waals surface area contributed by atoms with Gasteiger partial charge in [0.05, 0.1) is 12.2 Å². The molecule has 1 fully saturated rings. The highest BCUT2D eigenvalue weighted by Gasteiger charge is 2.36. The van der Waals surface area contributed by atoms with E-state index in [9.17, 15) is 0 Å². The van der Waals surface area contributed by atoms with Gasteiger partial charge in [-0.15, -0.1) is 0 Å². The fraction of sp³-hybridized carbons (Fsp3) is 0.944. The van der Waals surface area contributed by atoms with Gasteiger partial charge in [0.1, 0.15) is 0 Å². The van der Waals surface area contributed by atoms with Gasteiger partial charge in [0.2, 0.25) is 0 Å². The molecule has 0 aliphatic carbocycles. The Labute approximate surface area is 121 Å². The Morgan fingerprint density at radius 1 is 0.684 bits per heavy atom. The van der Waals surface area contributed by atoms with Crippen molar-refractivity contribution in [2.24, 2.45) is 0 Å². The maximum Gasteiger partial charge on any atom is 0.0841 e. The molecule has 0 spiro atoms. The fourth-order valence-electron chi connectivity index (χ4n) is 2.87. The summed E-state index contributed by atoms with van der Waals surface area (Å²) in [5.41, 5.74) is 0. The van der Waals surface area contributed by atoms with Crippen molar-refractivity contribution in [1.29, 1.82) is 0 Å². The van der Waals surface area contributed by atoms with Crippen molar-refractivity contribution in [3.8, 4) is 0 Å². The Kier molecular flexibility index (Phi) is 10.5. The number of ether oxygens (including phenoxy) is 1. The minimum atomic E-state index is 0.628. The second-order valence-electron chi connectivity index (χ2n) is 6.18. The molecule has 1 heterocycles. The van der Waals surface area contributed by atoms with Crippen LogP contribution in [0.1, 0.15) is 96.8 Å². The maximum absolute atomic E-state index is 5.76. The zero-order valence-corrected chi connectivity index (χ0v) is 13.2. The van der Waals surface area contributed by atoms with Crippen LogP contribution in [0.3, 0.4) is 0 Å². The van der Waals surface area contributed by atoms with Crippen LogP contribution in [0.4, 0.5) is 0 Å². The van der Waals surface area contributed by atoms with Crippen LogP contribution in [0.2, 0.25) is 0 Å². The SMILES string of the molecule is [CH2]CCCCCCC[C@@H]1OC1CCCCCCCC. The predicted molar refractivity (Wildman–Crippen MR) is 84.3 cm³/mol.